The number of esters is 1. The second-order valence-corrected chi connectivity index (χ2v) is 18.5. The number of carboxylic acid groups (broad SMARTS) is 1. The standard InChI is InChI=1S/C47H82O20/c1-4-5-19-29(20-18-23-31(49)30(48)21-16-14-12-10-8-6-7-9-11-13-15-17-22-32(50)44(59)60)64-46-42(37(54)33(51)25-62-46)67-47-43(38(55)34(52)26-63-47)66-45-41(58)40(57)39(56)35(65-45)27-61-36(53)24-28(2)3/h19,27-28,30-34,37-43,45-52,54-58H,4-18,20-26H2,1-3H3,(H,59,60)/b29-19-,35-27+/t30?,31-,32?,33-,34-,37?,38+,39-,40+,41-,42-,43-,45+,46+,47+/m0/s1. The summed E-state index contributed by atoms with van der Waals surface area (Å²) in [7, 11) is 0. The minimum atomic E-state index is -1.93. The lowest BCUT2D eigenvalue weighted by molar-refractivity contribution is -0.365. The van der Waals surface area contributed by atoms with Crippen molar-refractivity contribution in [2.24, 2.45) is 5.92 Å². The van der Waals surface area contributed by atoms with Gasteiger partial charge in [0.05, 0.1) is 31.2 Å². The van der Waals surface area contributed by atoms with Crippen LogP contribution in [0.25, 0.3) is 0 Å². The molecule has 0 aliphatic carbocycles. The number of carbonyl (C=O) groups is 2. The molecule has 3 aliphatic heterocycles. The molecule has 0 radical (unpaired) electrons. The van der Waals surface area contributed by atoms with Gasteiger partial charge >= 0.3 is 11.9 Å². The van der Waals surface area contributed by atoms with Gasteiger partial charge in [-0.1, -0.05) is 104 Å². The van der Waals surface area contributed by atoms with Crippen LogP contribution in [0.3, 0.4) is 0 Å². The Morgan fingerprint density at radius 3 is 1.69 bits per heavy atom. The molecule has 67 heavy (non-hydrogen) atoms. The highest BCUT2D eigenvalue weighted by Crippen LogP contribution is 2.33. The molecule has 3 saturated heterocycles. The molecule has 0 aromatic heterocycles. The SMILES string of the molecule is CCC/C=C(/CCC[C@H](O)C(O)CCCCCCCCCCCCCCC(O)C(=O)O)O[C@H]1OC[C@H](O)C(O)[C@@H]1O[C@H]1OC[C@H](O)[C@@H](O)[C@@H]1O[C@H]1O/C(=C/OC(=O)CC(C)C)[C@H](O)[C@@H](O)[C@@H]1O. The van der Waals surface area contributed by atoms with Gasteiger partial charge < -0.3 is 89.3 Å². The van der Waals surface area contributed by atoms with E-state index in [2.05, 4.69) is 0 Å². The molecular formula is C47H82O20. The summed E-state index contributed by atoms with van der Waals surface area (Å²) in [6.07, 6.45) is -5.07. The summed E-state index contributed by atoms with van der Waals surface area (Å²) in [5.41, 5.74) is 0. The van der Waals surface area contributed by atoms with Crippen molar-refractivity contribution in [3.63, 3.8) is 0 Å². The van der Waals surface area contributed by atoms with E-state index in [0.29, 0.717) is 37.9 Å². The quantitative estimate of drug-likeness (QED) is 0.0262. The van der Waals surface area contributed by atoms with Crippen molar-refractivity contribution in [3.05, 3.63) is 23.9 Å². The third kappa shape index (κ3) is 20.8. The fourth-order valence-corrected chi connectivity index (χ4v) is 7.97. The van der Waals surface area contributed by atoms with Gasteiger partial charge in [0.25, 0.3) is 0 Å². The Labute approximate surface area is 394 Å². The van der Waals surface area contributed by atoms with Crippen molar-refractivity contribution in [1.82, 2.24) is 0 Å². The fraction of sp³-hybridized carbons (Fsp3) is 0.872. The number of hydrogen-bond acceptors (Lipinski definition) is 19. The molecule has 20 heteroatoms. The molecule has 11 N–H and O–H groups in total. The fourth-order valence-electron chi connectivity index (χ4n) is 7.97. The van der Waals surface area contributed by atoms with Crippen molar-refractivity contribution in [2.45, 2.75) is 241 Å². The van der Waals surface area contributed by atoms with Crippen LogP contribution in [-0.2, 0) is 42.7 Å². The average Bonchev–Trinajstić information content (AvgIpc) is 3.29. The Morgan fingerprint density at radius 1 is 0.657 bits per heavy atom. The number of ether oxygens (including phenoxy) is 7. The topological polar surface area (TPSA) is 321 Å². The van der Waals surface area contributed by atoms with Gasteiger partial charge in [-0.2, -0.15) is 0 Å². The molecule has 0 aromatic carbocycles. The maximum absolute atomic E-state index is 12.1. The molecule has 0 amide bonds. The van der Waals surface area contributed by atoms with Crippen LogP contribution >= 0.6 is 0 Å². The molecule has 0 spiro atoms. The molecule has 3 fully saturated rings. The van der Waals surface area contributed by atoms with E-state index in [1.54, 1.807) is 13.8 Å². The van der Waals surface area contributed by atoms with E-state index in [1.165, 1.54) is 0 Å². The van der Waals surface area contributed by atoms with E-state index in [-0.39, 0.29) is 25.4 Å². The Bertz CT molecular complexity index is 1450. The first-order chi connectivity index (χ1) is 31.9. The van der Waals surface area contributed by atoms with Gasteiger partial charge in [0.15, 0.2) is 24.3 Å². The number of aliphatic carboxylic acids is 1. The zero-order chi connectivity index (χ0) is 49.5. The van der Waals surface area contributed by atoms with Crippen LogP contribution in [0.15, 0.2) is 23.9 Å². The van der Waals surface area contributed by atoms with E-state index < -0.39 is 116 Å². The number of carbonyl (C=O) groups excluding carboxylic acids is 1. The first-order valence-electron chi connectivity index (χ1n) is 24.4. The van der Waals surface area contributed by atoms with Crippen LogP contribution in [0.5, 0.6) is 0 Å². The van der Waals surface area contributed by atoms with E-state index in [0.717, 1.165) is 89.7 Å². The first kappa shape index (κ1) is 58.8. The highest BCUT2D eigenvalue weighted by Gasteiger charge is 2.51. The van der Waals surface area contributed by atoms with Gasteiger partial charge in [-0.15, -0.1) is 0 Å². The predicted octanol–water partition coefficient (Wildman–Crippen LogP) is 2.28. The summed E-state index contributed by atoms with van der Waals surface area (Å²) in [5.74, 6) is -1.90. The first-order valence-corrected chi connectivity index (χ1v) is 24.4. The summed E-state index contributed by atoms with van der Waals surface area (Å²) < 4.78 is 40.2. The highest BCUT2D eigenvalue weighted by atomic mass is 16.8. The Kier molecular flexibility index (Phi) is 27.8. The Hall–Kier alpha value is -2.54. The second-order valence-electron chi connectivity index (χ2n) is 18.5. The molecule has 15 atom stereocenters. The van der Waals surface area contributed by atoms with Gasteiger partial charge in [-0.25, -0.2) is 4.79 Å². The van der Waals surface area contributed by atoms with Crippen molar-refractivity contribution in [3.8, 4) is 0 Å². The summed E-state index contributed by atoms with van der Waals surface area (Å²) in [6, 6.07) is 0. The number of carboxylic acids is 1. The number of allylic oxidation sites excluding steroid dienone is 2. The summed E-state index contributed by atoms with van der Waals surface area (Å²) in [4.78, 5) is 22.8. The molecule has 20 nitrogen and oxygen atoms in total. The number of rotatable bonds is 32. The molecule has 0 saturated carbocycles. The minimum absolute atomic E-state index is 0.0376. The second kappa shape index (κ2) is 31.6. The van der Waals surface area contributed by atoms with E-state index in [4.69, 9.17) is 38.3 Å². The number of aliphatic hydroxyl groups is 10. The zero-order valence-corrected chi connectivity index (χ0v) is 39.5. The summed E-state index contributed by atoms with van der Waals surface area (Å²) >= 11 is 0. The summed E-state index contributed by atoms with van der Waals surface area (Å²) in [6.45, 7) is 4.74. The lowest BCUT2D eigenvalue weighted by atomic mass is 9.99. The molecule has 0 aromatic rings. The maximum Gasteiger partial charge on any atom is 0.332 e. The molecule has 3 aliphatic rings. The van der Waals surface area contributed by atoms with Gasteiger partial charge in [0.2, 0.25) is 12.6 Å². The maximum atomic E-state index is 12.1. The van der Waals surface area contributed by atoms with Crippen LogP contribution in [-0.4, -0.2) is 173 Å². The van der Waals surface area contributed by atoms with Crippen LogP contribution in [0.2, 0.25) is 0 Å². The van der Waals surface area contributed by atoms with Crippen molar-refractivity contribution in [2.75, 3.05) is 13.2 Å². The molecule has 3 heterocycles. The van der Waals surface area contributed by atoms with Crippen molar-refractivity contribution < 1.29 is 98.9 Å². The van der Waals surface area contributed by atoms with Gasteiger partial charge in [0, 0.05) is 12.8 Å². The van der Waals surface area contributed by atoms with Gasteiger partial charge in [0.1, 0.15) is 55.1 Å². The van der Waals surface area contributed by atoms with Crippen molar-refractivity contribution >= 4 is 11.9 Å². The molecule has 3 unspecified atom stereocenters. The molecule has 3 rings (SSSR count). The van der Waals surface area contributed by atoms with Crippen LogP contribution in [0, 0.1) is 5.92 Å². The summed E-state index contributed by atoms with van der Waals surface area (Å²) in [5, 5.41) is 115. The normalized spacial score (nSPS) is 31.3. The monoisotopic (exact) mass is 967 g/mol. The minimum Gasteiger partial charge on any atom is -0.479 e. The zero-order valence-electron chi connectivity index (χ0n) is 39.5. The lowest BCUT2D eigenvalue weighted by Gasteiger charge is -2.45. The highest BCUT2D eigenvalue weighted by molar-refractivity contribution is 5.71. The third-order valence-electron chi connectivity index (χ3n) is 12.1. The van der Waals surface area contributed by atoms with E-state index >= 15 is 0 Å². The number of aliphatic hydroxyl groups excluding tert-OH is 10. The average molecular weight is 967 g/mol. The van der Waals surface area contributed by atoms with E-state index in [9.17, 15) is 60.7 Å². The Balaban J connectivity index is 1.49. The molecule has 390 valence electrons. The van der Waals surface area contributed by atoms with Crippen molar-refractivity contribution in [1.29, 1.82) is 0 Å². The molecule has 0 bridgehead atoms. The predicted molar refractivity (Wildman–Crippen MR) is 238 cm³/mol. The van der Waals surface area contributed by atoms with Gasteiger partial charge in [-0.05, 0) is 44.1 Å². The number of unbranched alkanes of at least 4 members (excludes halogenated alkanes) is 12. The Morgan fingerprint density at radius 2 is 1.15 bits per heavy atom. The van der Waals surface area contributed by atoms with E-state index in [1.807, 2.05) is 13.0 Å². The van der Waals surface area contributed by atoms with Crippen LogP contribution < -0.4 is 0 Å². The van der Waals surface area contributed by atoms with Crippen LogP contribution in [0.4, 0.5) is 0 Å². The third-order valence-corrected chi connectivity index (χ3v) is 12.1. The van der Waals surface area contributed by atoms with Gasteiger partial charge in [-0.3, -0.25) is 4.79 Å². The largest absolute Gasteiger partial charge is 0.479 e. The molecular weight excluding hydrogens is 884 g/mol. The van der Waals surface area contributed by atoms with Crippen LogP contribution in [0.1, 0.15) is 149 Å². The number of hydrogen-bond donors (Lipinski definition) is 11. The smallest absolute Gasteiger partial charge is 0.332 e. The lowest BCUT2D eigenvalue weighted by Crippen LogP contribution is -2.62.